The highest BCUT2D eigenvalue weighted by Crippen LogP contribution is 2.15. The van der Waals surface area contributed by atoms with Crippen molar-refractivity contribution < 1.29 is 4.79 Å². The summed E-state index contributed by atoms with van der Waals surface area (Å²) in [6, 6.07) is 9.80. The molecule has 1 aliphatic rings. The van der Waals surface area contributed by atoms with Gasteiger partial charge in [-0.2, -0.15) is 5.10 Å². The van der Waals surface area contributed by atoms with E-state index >= 15 is 0 Å². The molecule has 5 nitrogen and oxygen atoms in total. The highest BCUT2D eigenvalue weighted by atomic mass is 16.2. The number of aromatic nitrogens is 2. The second-order valence-electron chi connectivity index (χ2n) is 5.15. The first-order valence-electron chi connectivity index (χ1n) is 6.86. The minimum Gasteiger partial charge on any atom is -0.335 e. The van der Waals surface area contributed by atoms with Gasteiger partial charge < -0.3 is 10.6 Å². The maximum absolute atomic E-state index is 12.0. The van der Waals surface area contributed by atoms with E-state index in [1.165, 1.54) is 5.69 Å². The molecule has 20 heavy (non-hydrogen) atoms. The predicted octanol–water partition coefficient (Wildman–Crippen LogP) is 2.33. The Morgan fingerprint density at radius 1 is 1.35 bits per heavy atom. The Morgan fingerprint density at radius 2 is 2.20 bits per heavy atom. The van der Waals surface area contributed by atoms with Crippen LogP contribution in [0.1, 0.15) is 17.7 Å². The smallest absolute Gasteiger partial charge is 0.319 e. The van der Waals surface area contributed by atoms with Crippen molar-refractivity contribution in [3.63, 3.8) is 0 Å². The van der Waals surface area contributed by atoms with E-state index in [9.17, 15) is 4.79 Å². The summed E-state index contributed by atoms with van der Waals surface area (Å²) in [6.45, 7) is 2.84. The summed E-state index contributed by atoms with van der Waals surface area (Å²) in [7, 11) is 0. The number of hydrogen-bond donors (Lipinski definition) is 2. The molecular weight excluding hydrogens is 252 g/mol. The van der Waals surface area contributed by atoms with Crippen molar-refractivity contribution in [1.82, 2.24) is 15.1 Å². The Labute approximate surface area is 118 Å². The van der Waals surface area contributed by atoms with Crippen molar-refractivity contribution in [1.29, 1.82) is 0 Å². The molecule has 2 amide bonds. The van der Waals surface area contributed by atoms with Crippen LogP contribution in [-0.4, -0.2) is 21.9 Å². The summed E-state index contributed by atoms with van der Waals surface area (Å²) in [5.74, 6) is 0. The highest BCUT2D eigenvalue weighted by Gasteiger charge is 2.20. The van der Waals surface area contributed by atoms with E-state index < -0.39 is 0 Å². The molecule has 0 saturated carbocycles. The first kappa shape index (κ1) is 12.7. The minimum atomic E-state index is -0.141. The van der Waals surface area contributed by atoms with Crippen LogP contribution in [0.2, 0.25) is 0 Å². The number of carbonyl (C=O) groups is 1. The SMILES string of the molecule is Cc1ccccc1NC(=O)NC1CCn2nccc2C1. The standard InChI is InChI=1S/C15H18N4O/c1-11-4-2-3-5-14(11)18-15(20)17-12-7-9-19-13(10-12)6-8-16-19/h2-6,8,12H,7,9-10H2,1H3,(H2,17,18,20). The van der Waals surface area contributed by atoms with Crippen LogP contribution >= 0.6 is 0 Å². The number of urea groups is 1. The van der Waals surface area contributed by atoms with Gasteiger partial charge in [-0.05, 0) is 31.0 Å². The number of para-hydroxylation sites is 1. The molecule has 0 bridgehead atoms. The molecule has 1 aliphatic heterocycles. The molecule has 1 unspecified atom stereocenters. The summed E-state index contributed by atoms with van der Waals surface area (Å²) in [4.78, 5) is 12.0. The van der Waals surface area contributed by atoms with Gasteiger partial charge in [0, 0.05) is 36.6 Å². The number of anilines is 1. The van der Waals surface area contributed by atoms with Gasteiger partial charge in [-0.25, -0.2) is 4.79 Å². The van der Waals surface area contributed by atoms with Crippen LogP contribution in [0.15, 0.2) is 36.5 Å². The van der Waals surface area contributed by atoms with Crippen molar-refractivity contribution in [3.05, 3.63) is 47.8 Å². The van der Waals surface area contributed by atoms with E-state index in [0.717, 1.165) is 30.6 Å². The molecule has 0 radical (unpaired) electrons. The molecule has 0 fully saturated rings. The van der Waals surface area contributed by atoms with Crippen LogP contribution < -0.4 is 10.6 Å². The lowest BCUT2D eigenvalue weighted by Crippen LogP contribution is -2.42. The van der Waals surface area contributed by atoms with Gasteiger partial charge in [0.25, 0.3) is 0 Å². The number of rotatable bonds is 2. The van der Waals surface area contributed by atoms with Gasteiger partial charge >= 0.3 is 6.03 Å². The lowest BCUT2D eigenvalue weighted by Gasteiger charge is -2.24. The maximum Gasteiger partial charge on any atom is 0.319 e. The van der Waals surface area contributed by atoms with E-state index in [2.05, 4.69) is 15.7 Å². The van der Waals surface area contributed by atoms with Crippen molar-refractivity contribution >= 4 is 11.7 Å². The number of hydrogen-bond acceptors (Lipinski definition) is 2. The Kier molecular flexibility index (Phi) is 3.41. The largest absolute Gasteiger partial charge is 0.335 e. The van der Waals surface area contributed by atoms with Crippen LogP contribution in [0.3, 0.4) is 0 Å². The van der Waals surface area contributed by atoms with E-state index in [4.69, 9.17) is 0 Å². The molecule has 1 aromatic carbocycles. The molecule has 3 rings (SSSR count). The number of fused-ring (bicyclic) bond motifs is 1. The first-order valence-corrected chi connectivity index (χ1v) is 6.86. The first-order chi connectivity index (χ1) is 9.72. The average Bonchev–Trinajstić information content (AvgIpc) is 2.89. The molecular formula is C15H18N4O. The van der Waals surface area contributed by atoms with Crippen LogP contribution in [0, 0.1) is 6.92 Å². The normalized spacial score (nSPS) is 17.4. The van der Waals surface area contributed by atoms with Gasteiger partial charge in [0.15, 0.2) is 0 Å². The van der Waals surface area contributed by atoms with E-state index in [-0.39, 0.29) is 12.1 Å². The van der Waals surface area contributed by atoms with Gasteiger partial charge in [0.05, 0.1) is 0 Å². The number of carbonyl (C=O) groups excluding carboxylic acids is 1. The number of nitrogens with one attached hydrogen (secondary N) is 2. The number of nitrogens with zero attached hydrogens (tertiary/aromatic N) is 2. The predicted molar refractivity (Wildman–Crippen MR) is 77.7 cm³/mol. The van der Waals surface area contributed by atoms with Crippen LogP contribution in [-0.2, 0) is 13.0 Å². The molecule has 0 spiro atoms. The van der Waals surface area contributed by atoms with Crippen molar-refractivity contribution in [2.24, 2.45) is 0 Å². The summed E-state index contributed by atoms with van der Waals surface area (Å²) in [5.41, 5.74) is 3.09. The van der Waals surface area contributed by atoms with Crippen molar-refractivity contribution in [2.75, 3.05) is 5.32 Å². The third-order valence-electron chi connectivity index (χ3n) is 3.68. The fraction of sp³-hybridized carbons (Fsp3) is 0.333. The summed E-state index contributed by atoms with van der Waals surface area (Å²) < 4.78 is 2.00. The number of aryl methyl sites for hydroxylation is 2. The molecule has 104 valence electrons. The molecule has 0 aliphatic carbocycles. The maximum atomic E-state index is 12.0. The van der Waals surface area contributed by atoms with Gasteiger partial charge in [-0.15, -0.1) is 0 Å². The monoisotopic (exact) mass is 270 g/mol. The Balaban J connectivity index is 1.59. The topological polar surface area (TPSA) is 59.0 Å². The Morgan fingerprint density at radius 3 is 3.05 bits per heavy atom. The number of benzene rings is 1. The van der Waals surface area contributed by atoms with E-state index in [1.807, 2.05) is 48.1 Å². The van der Waals surface area contributed by atoms with Crippen LogP contribution in [0.25, 0.3) is 0 Å². The zero-order valence-electron chi connectivity index (χ0n) is 11.5. The molecule has 0 saturated heterocycles. The molecule has 2 heterocycles. The van der Waals surface area contributed by atoms with Gasteiger partial charge in [-0.3, -0.25) is 4.68 Å². The second kappa shape index (κ2) is 5.36. The molecule has 1 atom stereocenters. The molecule has 5 heteroatoms. The quantitative estimate of drug-likeness (QED) is 0.880. The molecule has 1 aromatic heterocycles. The highest BCUT2D eigenvalue weighted by molar-refractivity contribution is 5.90. The molecule has 2 aromatic rings. The minimum absolute atomic E-state index is 0.141. The molecule has 2 N–H and O–H groups in total. The van der Waals surface area contributed by atoms with Crippen LogP contribution in [0.4, 0.5) is 10.5 Å². The Bertz CT molecular complexity index is 620. The van der Waals surface area contributed by atoms with Gasteiger partial charge in [-0.1, -0.05) is 18.2 Å². The van der Waals surface area contributed by atoms with Crippen molar-refractivity contribution in [3.8, 4) is 0 Å². The third-order valence-corrected chi connectivity index (χ3v) is 3.68. The third kappa shape index (κ3) is 2.66. The summed E-state index contributed by atoms with van der Waals surface area (Å²) >= 11 is 0. The zero-order chi connectivity index (χ0) is 13.9. The van der Waals surface area contributed by atoms with Gasteiger partial charge in [0.1, 0.15) is 0 Å². The zero-order valence-corrected chi connectivity index (χ0v) is 11.5. The lowest BCUT2D eigenvalue weighted by atomic mass is 10.0. The second-order valence-corrected chi connectivity index (χ2v) is 5.15. The van der Waals surface area contributed by atoms with E-state index in [0.29, 0.717) is 0 Å². The average molecular weight is 270 g/mol. The fourth-order valence-corrected chi connectivity index (χ4v) is 2.55. The lowest BCUT2D eigenvalue weighted by molar-refractivity contribution is 0.245. The summed E-state index contributed by atoms with van der Waals surface area (Å²) in [6.07, 6.45) is 3.56. The Hall–Kier alpha value is -2.30. The number of amides is 2. The van der Waals surface area contributed by atoms with Crippen LogP contribution in [0.5, 0.6) is 0 Å². The van der Waals surface area contributed by atoms with Crippen molar-refractivity contribution in [2.45, 2.75) is 32.4 Å². The van der Waals surface area contributed by atoms with Gasteiger partial charge in [0.2, 0.25) is 0 Å². The van der Waals surface area contributed by atoms with E-state index in [1.54, 1.807) is 0 Å². The summed E-state index contributed by atoms with van der Waals surface area (Å²) in [5, 5.41) is 10.2. The fourth-order valence-electron chi connectivity index (χ4n) is 2.55.